The first-order chi connectivity index (χ1) is 5.77. The smallest absolute Gasteiger partial charge is 0.0323 e. The second-order valence-corrected chi connectivity index (χ2v) is 3.97. The van der Waals surface area contributed by atoms with Crippen molar-refractivity contribution in [1.29, 1.82) is 0 Å². The van der Waals surface area contributed by atoms with Gasteiger partial charge in [-0.25, -0.2) is 0 Å². The number of hydrogen-bond donors (Lipinski definition) is 2. The first-order valence-electron chi connectivity index (χ1n) is 4.32. The first-order valence-corrected chi connectivity index (χ1v) is 4.76. The Balaban J connectivity index is 2.20. The van der Waals surface area contributed by atoms with E-state index < -0.39 is 0 Å². The zero-order valence-electron chi connectivity index (χ0n) is 6.90. The third-order valence-electron chi connectivity index (χ3n) is 2.38. The molecule has 2 heteroatoms. The van der Waals surface area contributed by atoms with Crippen molar-refractivity contribution in [3.05, 3.63) is 29.8 Å². The molecular weight excluding hydrogens is 166 g/mol. The minimum Gasteiger partial charge on any atom is -0.324 e. The zero-order chi connectivity index (χ0) is 8.55. The van der Waals surface area contributed by atoms with Gasteiger partial charge in [-0.3, -0.25) is 0 Å². The number of hydrogen-bond acceptors (Lipinski definition) is 2. The van der Waals surface area contributed by atoms with Gasteiger partial charge in [-0.1, -0.05) is 12.1 Å². The fourth-order valence-corrected chi connectivity index (χ4v) is 1.69. The molecule has 0 amide bonds. The molecule has 1 aromatic carbocycles. The lowest BCUT2D eigenvalue weighted by molar-refractivity contribution is 0.632. The van der Waals surface area contributed by atoms with Gasteiger partial charge in [-0.15, -0.1) is 12.6 Å². The minimum atomic E-state index is 0.233. The Morgan fingerprint density at radius 2 is 2.17 bits per heavy atom. The van der Waals surface area contributed by atoms with Gasteiger partial charge in [0.25, 0.3) is 0 Å². The van der Waals surface area contributed by atoms with Crippen LogP contribution in [-0.2, 0) is 0 Å². The van der Waals surface area contributed by atoms with Gasteiger partial charge in [0.05, 0.1) is 0 Å². The topological polar surface area (TPSA) is 26.0 Å². The molecule has 64 valence electrons. The molecular formula is C10H13NS. The van der Waals surface area contributed by atoms with Gasteiger partial charge >= 0.3 is 0 Å². The highest BCUT2D eigenvalue weighted by molar-refractivity contribution is 7.80. The van der Waals surface area contributed by atoms with E-state index >= 15 is 0 Å². The van der Waals surface area contributed by atoms with E-state index in [1.54, 1.807) is 0 Å². The highest BCUT2D eigenvalue weighted by Gasteiger charge is 2.29. The minimum absolute atomic E-state index is 0.233. The summed E-state index contributed by atoms with van der Waals surface area (Å²) in [5.41, 5.74) is 7.26. The lowest BCUT2D eigenvalue weighted by Gasteiger charge is -2.10. The number of thiol groups is 1. The monoisotopic (exact) mass is 179 g/mol. The molecule has 0 saturated heterocycles. The van der Waals surface area contributed by atoms with Crippen LogP contribution in [0.15, 0.2) is 29.2 Å². The maximum absolute atomic E-state index is 6.04. The van der Waals surface area contributed by atoms with Crippen molar-refractivity contribution < 1.29 is 0 Å². The molecule has 1 aliphatic rings. The summed E-state index contributed by atoms with van der Waals surface area (Å²) < 4.78 is 0. The predicted molar refractivity (Wildman–Crippen MR) is 53.3 cm³/mol. The second-order valence-electron chi connectivity index (χ2n) is 3.46. The molecule has 0 heterocycles. The van der Waals surface area contributed by atoms with Crippen LogP contribution in [0.4, 0.5) is 0 Å². The molecule has 0 bridgehead atoms. The van der Waals surface area contributed by atoms with E-state index in [4.69, 9.17) is 5.73 Å². The summed E-state index contributed by atoms with van der Waals surface area (Å²) in [6.45, 7) is 0. The van der Waals surface area contributed by atoms with Gasteiger partial charge in [0.1, 0.15) is 0 Å². The number of nitrogens with two attached hydrogens (primary N) is 1. The highest BCUT2D eigenvalue weighted by Crippen LogP contribution is 2.39. The van der Waals surface area contributed by atoms with Gasteiger partial charge < -0.3 is 5.73 Å². The van der Waals surface area contributed by atoms with Crippen LogP contribution in [0.1, 0.15) is 24.4 Å². The van der Waals surface area contributed by atoms with Crippen molar-refractivity contribution in [2.75, 3.05) is 0 Å². The van der Waals surface area contributed by atoms with Gasteiger partial charge in [0, 0.05) is 10.9 Å². The predicted octanol–water partition coefficient (Wildman–Crippen LogP) is 2.39. The molecule has 0 radical (unpaired) electrons. The Morgan fingerprint density at radius 1 is 1.42 bits per heavy atom. The SMILES string of the molecule is N[C@@H](c1cccc(S)c1)C1CC1. The lowest BCUT2D eigenvalue weighted by Crippen LogP contribution is -2.11. The van der Waals surface area contributed by atoms with Crippen LogP contribution < -0.4 is 5.73 Å². The number of benzene rings is 1. The Hall–Kier alpha value is -0.470. The van der Waals surface area contributed by atoms with E-state index in [0.29, 0.717) is 0 Å². The Bertz CT molecular complexity index is 281. The normalized spacial score (nSPS) is 19.2. The average Bonchev–Trinajstić information content (AvgIpc) is 2.85. The van der Waals surface area contributed by atoms with Crippen LogP contribution >= 0.6 is 12.6 Å². The van der Waals surface area contributed by atoms with Crippen LogP contribution in [0.25, 0.3) is 0 Å². The molecule has 1 aromatic rings. The molecule has 12 heavy (non-hydrogen) atoms. The van der Waals surface area contributed by atoms with E-state index in [0.717, 1.165) is 10.8 Å². The third kappa shape index (κ3) is 1.65. The summed E-state index contributed by atoms with van der Waals surface area (Å²) >= 11 is 4.28. The molecule has 1 fully saturated rings. The van der Waals surface area contributed by atoms with Crippen molar-refractivity contribution in [2.24, 2.45) is 11.7 Å². The highest BCUT2D eigenvalue weighted by atomic mass is 32.1. The van der Waals surface area contributed by atoms with Crippen molar-refractivity contribution in [3.63, 3.8) is 0 Å². The van der Waals surface area contributed by atoms with Crippen LogP contribution in [0.3, 0.4) is 0 Å². The fraction of sp³-hybridized carbons (Fsp3) is 0.400. The van der Waals surface area contributed by atoms with Gasteiger partial charge in [-0.2, -0.15) is 0 Å². The average molecular weight is 179 g/mol. The van der Waals surface area contributed by atoms with E-state index in [1.165, 1.54) is 18.4 Å². The van der Waals surface area contributed by atoms with Gasteiger partial charge in [-0.05, 0) is 36.5 Å². The van der Waals surface area contributed by atoms with Crippen LogP contribution in [0.2, 0.25) is 0 Å². The van der Waals surface area contributed by atoms with Crippen LogP contribution in [0.5, 0.6) is 0 Å². The van der Waals surface area contributed by atoms with Crippen LogP contribution in [-0.4, -0.2) is 0 Å². The summed E-state index contributed by atoms with van der Waals surface area (Å²) in [5.74, 6) is 0.722. The van der Waals surface area contributed by atoms with E-state index in [9.17, 15) is 0 Å². The Morgan fingerprint density at radius 3 is 2.75 bits per heavy atom. The van der Waals surface area contributed by atoms with E-state index in [2.05, 4.69) is 24.8 Å². The third-order valence-corrected chi connectivity index (χ3v) is 2.66. The van der Waals surface area contributed by atoms with Crippen LogP contribution in [0, 0.1) is 5.92 Å². The lowest BCUT2D eigenvalue weighted by atomic mass is 10.0. The molecule has 2 rings (SSSR count). The summed E-state index contributed by atoms with van der Waals surface area (Å²) in [6, 6.07) is 8.37. The molecule has 0 aliphatic heterocycles. The zero-order valence-corrected chi connectivity index (χ0v) is 7.80. The van der Waals surface area contributed by atoms with Gasteiger partial charge in [0.2, 0.25) is 0 Å². The summed E-state index contributed by atoms with van der Waals surface area (Å²) in [4.78, 5) is 1.00. The molecule has 0 unspecified atom stereocenters. The van der Waals surface area contributed by atoms with Crippen molar-refractivity contribution in [3.8, 4) is 0 Å². The fourth-order valence-electron chi connectivity index (χ4n) is 1.46. The standard InChI is InChI=1S/C10H13NS/c11-10(7-4-5-7)8-2-1-3-9(12)6-8/h1-3,6-7,10,12H,4-5,11H2/t10-/m1/s1. The first kappa shape index (κ1) is 8.14. The molecule has 1 aliphatic carbocycles. The summed E-state index contributed by atoms with van der Waals surface area (Å²) in [6.07, 6.45) is 2.58. The van der Waals surface area contributed by atoms with Crippen molar-refractivity contribution in [2.45, 2.75) is 23.8 Å². The van der Waals surface area contributed by atoms with Crippen molar-refractivity contribution >= 4 is 12.6 Å². The second kappa shape index (κ2) is 3.11. The largest absolute Gasteiger partial charge is 0.324 e. The maximum Gasteiger partial charge on any atom is 0.0323 e. The van der Waals surface area contributed by atoms with E-state index in [1.807, 2.05) is 12.1 Å². The molecule has 2 N–H and O–H groups in total. The number of rotatable bonds is 2. The van der Waals surface area contributed by atoms with Gasteiger partial charge in [0.15, 0.2) is 0 Å². The molecule has 0 spiro atoms. The molecule has 1 nitrogen and oxygen atoms in total. The Labute approximate surface area is 78.4 Å². The molecule has 1 saturated carbocycles. The summed E-state index contributed by atoms with van der Waals surface area (Å²) in [7, 11) is 0. The summed E-state index contributed by atoms with van der Waals surface area (Å²) in [5, 5.41) is 0. The Kier molecular flexibility index (Phi) is 2.11. The molecule has 0 aromatic heterocycles. The maximum atomic E-state index is 6.04. The van der Waals surface area contributed by atoms with Crippen molar-refractivity contribution in [1.82, 2.24) is 0 Å². The molecule has 1 atom stereocenters. The van der Waals surface area contributed by atoms with E-state index in [-0.39, 0.29) is 6.04 Å². The quantitative estimate of drug-likeness (QED) is 0.670.